The highest BCUT2D eigenvalue weighted by atomic mass is 32.1. The molecule has 0 saturated heterocycles. The summed E-state index contributed by atoms with van der Waals surface area (Å²) in [5, 5.41) is 8.97. The minimum Gasteiger partial charge on any atom is -0.351 e. The lowest BCUT2D eigenvalue weighted by molar-refractivity contribution is -0.127. The van der Waals surface area contributed by atoms with Crippen molar-refractivity contribution in [1.82, 2.24) is 19.8 Å². The number of carbonyl (C=O) groups is 2. The molecule has 30 heavy (non-hydrogen) atoms. The van der Waals surface area contributed by atoms with E-state index >= 15 is 0 Å². The van der Waals surface area contributed by atoms with Crippen molar-refractivity contribution < 1.29 is 9.59 Å². The molecule has 1 atom stereocenters. The Morgan fingerprint density at radius 3 is 2.50 bits per heavy atom. The number of rotatable bonds is 6. The summed E-state index contributed by atoms with van der Waals surface area (Å²) in [6, 6.07) is 7.57. The van der Waals surface area contributed by atoms with E-state index in [0.717, 1.165) is 62.5 Å². The molecule has 1 aromatic heterocycles. The minimum absolute atomic E-state index is 0.0434. The fraction of sp³-hybridized carbons (Fsp3) is 0.565. The monoisotopic (exact) mass is 426 g/mol. The molecule has 0 radical (unpaired) electrons. The normalized spacial score (nSPS) is 18.8. The average Bonchev–Trinajstić information content (AvgIpc) is 3.46. The molecule has 1 heterocycles. The van der Waals surface area contributed by atoms with Crippen molar-refractivity contribution in [2.45, 2.75) is 82.8 Å². The van der Waals surface area contributed by atoms with Crippen molar-refractivity contribution in [3.63, 3.8) is 0 Å². The maximum atomic E-state index is 13.7. The van der Waals surface area contributed by atoms with E-state index in [1.54, 1.807) is 10.3 Å². The van der Waals surface area contributed by atoms with E-state index in [2.05, 4.69) is 14.9 Å². The number of benzene rings is 1. The molecule has 2 saturated carbocycles. The van der Waals surface area contributed by atoms with E-state index in [1.165, 1.54) is 18.0 Å². The van der Waals surface area contributed by atoms with Crippen molar-refractivity contribution >= 4 is 23.3 Å². The van der Waals surface area contributed by atoms with E-state index < -0.39 is 6.04 Å². The second-order valence-electron chi connectivity index (χ2n) is 8.60. The molecule has 0 bridgehead atoms. The van der Waals surface area contributed by atoms with Crippen LogP contribution in [0.25, 0.3) is 0 Å². The third-order valence-corrected chi connectivity index (χ3v) is 6.87. The first-order valence-corrected chi connectivity index (χ1v) is 11.9. The summed E-state index contributed by atoms with van der Waals surface area (Å²) < 4.78 is 3.88. The Labute approximate surface area is 182 Å². The van der Waals surface area contributed by atoms with Crippen LogP contribution in [0.1, 0.15) is 85.4 Å². The fourth-order valence-electron chi connectivity index (χ4n) is 4.87. The van der Waals surface area contributed by atoms with Gasteiger partial charge in [-0.15, -0.1) is 5.10 Å². The van der Waals surface area contributed by atoms with Crippen molar-refractivity contribution in [3.05, 3.63) is 46.5 Å². The standard InChI is InChI=1S/C23H30N4O2S/c1-16-8-7-9-17(14-16)21(22(28)24-18-10-3-2-4-11-18)27(19-12-5-6-13-19)23(29)20-15-30-26-25-20/h7-9,14-15,18-19,21H,2-6,10-13H2,1H3,(H,24,28)/t21-/m0/s1. The summed E-state index contributed by atoms with van der Waals surface area (Å²) in [5.74, 6) is -0.267. The van der Waals surface area contributed by atoms with Crippen LogP contribution in [0.4, 0.5) is 0 Å². The zero-order valence-corrected chi connectivity index (χ0v) is 18.4. The maximum absolute atomic E-state index is 13.7. The van der Waals surface area contributed by atoms with Gasteiger partial charge in [0.15, 0.2) is 5.69 Å². The third kappa shape index (κ3) is 4.72. The van der Waals surface area contributed by atoms with Gasteiger partial charge in [-0.3, -0.25) is 9.59 Å². The van der Waals surface area contributed by atoms with Gasteiger partial charge in [-0.25, -0.2) is 0 Å². The van der Waals surface area contributed by atoms with Crippen molar-refractivity contribution in [2.24, 2.45) is 0 Å². The van der Waals surface area contributed by atoms with Gasteiger partial charge in [0.2, 0.25) is 5.91 Å². The molecule has 160 valence electrons. The third-order valence-electron chi connectivity index (χ3n) is 6.37. The van der Waals surface area contributed by atoms with Gasteiger partial charge < -0.3 is 10.2 Å². The molecule has 6 nitrogen and oxygen atoms in total. The van der Waals surface area contributed by atoms with E-state index in [9.17, 15) is 9.59 Å². The van der Waals surface area contributed by atoms with Crippen molar-refractivity contribution in [1.29, 1.82) is 0 Å². The topological polar surface area (TPSA) is 75.2 Å². The Bertz CT molecular complexity index is 858. The van der Waals surface area contributed by atoms with Gasteiger partial charge in [-0.1, -0.05) is 66.4 Å². The van der Waals surface area contributed by atoms with Crippen LogP contribution in [-0.2, 0) is 4.79 Å². The maximum Gasteiger partial charge on any atom is 0.276 e. The van der Waals surface area contributed by atoms with Gasteiger partial charge in [-0.05, 0) is 49.7 Å². The van der Waals surface area contributed by atoms with Crippen molar-refractivity contribution in [3.8, 4) is 0 Å². The lowest BCUT2D eigenvalue weighted by Crippen LogP contribution is -2.50. The zero-order valence-electron chi connectivity index (χ0n) is 17.5. The average molecular weight is 427 g/mol. The molecule has 1 N–H and O–H groups in total. The number of aryl methyl sites for hydroxylation is 1. The molecular formula is C23H30N4O2S. The first kappa shape index (κ1) is 21.0. The Hall–Kier alpha value is -2.28. The van der Waals surface area contributed by atoms with Crippen LogP contribution in [0.15, 0.2) is 29.6 Å². The van der Waals surface area contributed by atoms with Gasteiger partial charge in [0.1, 0.15) is 6.04 Å². The Kier molecular flexibility index (Phi) is 6.77. The molecule has 7 heteroatoms. The number of amides is 2. The van der Waals surface area contributed by atoms with Gasteiger partial charge in [0.05, 0.1) is 0 Å². The molecule has 2 amide bonds. The Morgan fingerprint density at radius 2 is 1.83 bits per heavy atom. The molecule has 2 aliphatic rings. The van der Waals surface area contributed by atoms with Gasteiger partial charge in [0.25, 0.3) is 5.91 Å². The summed E-state index contributed by atoms with van der Waals surface area (Å²) in [6.45, 7) is 2.02. The quantitative estimate of drug-likeness (QED) is 0.742. The number of carbonyl (C=O) groups excluding carboxylic acids is 2. The smallest absolute Gasteiger partial charge is 0.276 e. The van der Waals surface area contributed by atoms with E-state index in [-0.39, 0.29) is 23.9 Å². The molecule has 1 aromatic carbocycles. The SMILES string of the molecule is Cc1cccc([C@@H](C(=O)NC2CCCCC2)N(C(=O)c2csnn2)C2CCCC2)c1. The highest BCUT2D eigenvalue weighted by Gasteiger charge is 2.39. The van der Waals surface area contributed by atoms with Crippen LogP contribution in [0, 0.1) is 6.92 Å². The number of hydrogen-bond acceptors (Lipinski definition) is 5. The molecule has 4 rings (SSSR count). The lowest BCUT2D eigenvalue weighted by Gasteiger charge is -2.37. The molecule has 0 aliphatic heterocycles. The second-order valence-corrected chi connectivity index (χ2v) is 9.21. The first-order valence-electron chi connectivity index (χ1n) is 11.1. The van der Waals surface area contributed by atoms with Crippen LogP contribution >= 0.6 is 11.5 Å². The molecule has 0 unspecified atom stereocenters. The van der Waals surface area contributed by atoms with Crippen LogP contribution in [-0.4, -0.2) is 38.4 Å². The van der Waals surface area contributed by atoms with Crippen LogP contribution in [0.2, 0.25) is 0 Å². The molecule has 2 aromatic rings. The molecular weight excluding hydrogens is 396 g/mol. The van der Waals surface area contributed by atoms with E-state index in [4.69, 9.17) is 0 Å². The van der Waals surface area contributed by atoms with E-state index in [0.29, 0.717) is 5.69 Å². The predicted molar refractivity (Wildman–Crippen MR) is 117 cm³/mol. The number of hydrogen-bond donors (Lipinski definition) is 1. The molecule has 2 aliphatic carbocycles. The summed E-state index contributed by atoms with van der Waals surface area (Å²) in [6.07, 6.45) is 9.55. The van der Waals surface area contributed by atoms with Crippen LogP contribution in [0.3, 0.4) is 0 Å². The summed E-state index contributed by atoms with van der Waals surface area (Å²) in [5.41, 5.74) is 2.28. The second kappa shape index (κ2) is 9.69. The van der Waals surface area contributed by atoms with Gasteiger partial charge in [0, 0.05) is 17.5 Å². The first-order chi connectivity index (χ1) is 14.6. The minimum atomic E-state index is -0.649. The summed E-state index contributed by atoms with van der Waals surface area (Å²) in [4.78, 5) is 29.0. The number of nitrogens with zero attached hydrogens (tertiary/aromatic N) is 3. The lowest BCUT2D eigenvalue weighted by atomic mass is 9.94. The summed E-state index contributed by atoms with van der Waals surface area (Å²) in [7, 11) is 0. The summed E-state index contributed by atoms with van der Waals surface area (Å²) >= 11 is 1.17. The highest BCUT2D eigenvalue weighted by molar-refractivity contribution is 7.03. The fourth-order valence-corrected chi connectivity index (χ4v) is 5.30. The number of aromatic nitrogens is 2. The van der Waals surface area contributed by atoms with Crippen LogP contribution < -0.4 is 5.32 Å². The molecule has 0 spiro atoms. The Balaban J connectivity index is 1.70. The largest absolute Gasteiger partial charge is 0.351 e. The zero-order chi connectivity index (χ0) is 20.9. The number of nitrogens with one attached hydrogen (secondary N) is 1. The predicted octanol–water partition coefficient (Wildman–Crippen LogP) is 4.42. The van der Waals surface area contributed by atoms with Gasteiger partial charge in [-0.2, -0.15) is 0 Å². The Morgan fingerprint density at radius 1 is 1.10 bits per heavy atom. The van der Waals surface area contributed by atoms with E-state index in [1.807, 2.05) is 31.2 Å². The van der Waals surface area contributed by atoms with Crippen molar-refractivity contribution in [2.75, 3.05) is 0 Å². The highest BCUT2D eigenvalue weighted by Crippen LogP contribution is 2.33. The van der Waals surface area contributed by atoms with Gasteiger partial charge >= 0.3 is 0 Å². The van der Waals surface area contributed by atoms with Crippen LogP contribution in [0.5, 0.6) is 0 Å². The molecule has 2 fully saturated rings.